The monoisotopic (exact) mass is 250 g/mol. The summed E-state index contributed by atoms with van der Waals surface area (Å²) in [4.78, 5) is 15.3. The molecule has 0 aliphatic heterocycles. The van der Waals surface area contributed by atoms with E-state index in [2.05, 4.69) is 20.6 Å². The highest BCUT2D eigenvalue weighted by atomic mass is 19.1. The van der Waals surface area contributed by atoms with Gasteiger partial charge in [0.25, 0.3) is 5.91 Å². The Labute approximate surface area is 102 Å². The Bertz CT molecular complexity index is 555. The van der Waals surface area contributed by atoms with Crippen LogP contribution >= 0.6 is 0 Å². The Morgan fingerprint density at radius 1 is 1.56 bits per heavy atom. The van der Waals surface area contributed by atoms with Gasteiger partial charge in [-0.2, -0.15) is 0 Å². The maximum Gasteiger partial charge on any atom is 0.277 e. The SMILES string of the molecule is NCCn1cc(C(=O)Nc2ccncc2F)nn1. The van der Waals surface area contributed by atoms with E-state index in [1.54, 1.807) is 0 Å². The van der Waals surface area contributed by atoms with Crippen LogP contribution < -0.4 is 11.1 Å². The summed E-state index contributed by atoms with van der Waals surface area (Å²) in [5.74, 6) is -1.15. The van der Waals surface area contributed by atoms with Gasteiger partial charge in [0.1, 0.15) is 0 Å². The highest BCUT2D eigenvalue weighted by Gasteiger charge is 2.12. The Balaban J connectivity index is 2.10. The van der Waals surface area contributed by atoms with Crippen molar-refractivity contribution in [3.63, 3.8) is 0 Å². The molecule has 0 aliphatic carbocycles. The van der Waals surface area contributed by atoms with Gasteiger partial charge in [-0.15, -0.1) is 5.10 Å². The van der Waals surface area contributed by atoms with Crippen LogP contribution in [0.1, 0.15) is 10.5 Å². The van der Waals surface area contributed by atoms with Gasteiger partial charge in [0.05, 0.1) is 24.6 Å². The predicted octanol–water partition coefficient (Wildman–Crippen LogP) is 0.0232. The second-order valence-corrected chi connectivity index (χ2v) is 3.47. The smallest absolute Gasteiger partial charge is 0.277 e. The zero-order chi connectivity index (χ0) is 13.0. The summed E-state index contributed by atoms with van der Waals surface area (Å²) in [7, 11) is 0. The summed E-state index contributed by atoms with van der Waals surface area (Å²) in [6.07, 6.45) is 3.84. The normalized spacial score (nSPS) is 10.3. The molecule has 0 spiro atoms. The molecule has 2 heterocycles. The highest BCUT2D eigenvalue weighted by Crippen LogP contribution is 2.11. The fraction of sp³-hybridized carbons (Fsp3) is 0.200. The number of carbonyl (C=O) groups is 1. The van der Waals surface area contributed by atoms with Gasteiger partial charge in [-0.05, 0) is 6.07 Å². The van der Waals surface area contributed by atoms with Crippen LogP contribution in [0.25, 0.3) is 0 Å². The standard InChI is InChI=1S/C10H11FN6O/c11-7-5-13-3-1-8(7)14-10(18)9-6-17(4-2-12)16-15-9/h1,3,5-6H,2,4,12H2,(H,13,14,18). The molecular weight excluding hydrogens is 239 g/mol. The topological polar surface area (TPSA) is 98.7 Å². The van der Waals surface area contributed by atoms with E-state index in [0.717, 1.165) is 6.20 Å². The number of rotatable bonds is 4. The Morgan fingerprint density at radius 2 is 2.39 bits per heavy atom. The summed E-state index contributed by atoms with van der Waals surface area (Å²) in [5, 5.41) is 9.76. The molecule has 7 nitrogen and oxygen atoms in total. The highest BCUT2D eigenvalue weighted by molar-refractivity contribution is 6.02. The molecule has 0 saturated carbocycles. The number of nitrogens with two attached hydrogens (primary N) is 1. The second kappa shape index (κ2) is 5.32. The molecule has 8 heteroatoms. The van der Waals surface area contributed by atoms with Crippen LogP contribution in [0.4, 0.5) is 10.1 Å². The number of halogens is 1. The average Bonchev–Trinajstić information content (AvgIpc) is 2.81. The van der Waals surface area contributed by atoms with E-state index in [4.69, 9.17) is 5.73 Å². The van der Waals surface area contributed by atoms with Crippen LogP contribution in [0.3, 0.4) is 0 Å². The molecule has 2 rings (SSSR count). The average molecular weight is 250 g/mol. The van der Waals surface area contributed by atoms with Crippen LogP contribution in [0.5, 0.6) is 0 Å². The fourth-order valence-corrected chi connectivity index (χ4v) is 1.31. The molecule has 2 aromatic rings. The Morgan fingerprint density at radius 3 is 3.11 bits per heavy atom. The number of nitrogens with zero attached hydrogens (tertiary/aromatic N) is 4. The lowest BCUT2D eigenvalue weighted by atomic mass is 10.3. The molecule has 0 fully saturated rings. The molecule has 0 aromatic carbocycles. The van der Waals surface area contributed by atoms with Crippen molar-refractivity contribution in [2.75, 3.05) is 11.9 Å². The first-order valence-corrected chi connectivity index (χ1v) is 5.22. The number of hydrogen-bond donors (Lipinski definition) is 2. The van der Waals surface area contributed by atoms with Gasteiger partial charge < -0.3 is 11.1 Å². The molecule has 0 aliphatic rings. The zero-order valence-corrected chi connectivity index (χ0v) is 9.38. The van der Waals surface area contributed by atoms with Gasteiger partial charge in [-0.25, -0.2) is 4.39 Å². The first kappa shape index (κ1) is 12.1. The summed E-state index contributed by atoms with van der Waals surface area (Å²) in [6.45, 7) is 0.854. The number of aromatic nitrogens is 4. The summed E-state index contributed by atoms with van der Waals surface area (Å²) in [5.41, 5.74) is 5.49. The number of carbonyl (C=O) groups excluding carboxylic acids is 1. The maximum atomic E-state index is 13.3. The maximum absolute atomic E-state index is 13.3. The first-order valence-electron chi connectivity index (χ1n) is 5.22. The van der Waals surface area contributed by atoms with Crippen LogP contribution in [-0.4, -0.2) is 32.4 Å². The number of pyridine rings is 1. The minimum atomic E-state index is -0.611. The largest absolute Gasteiger partial charge is 0.329 e. The Hall–Kier alpha value is -2.35. The van der Waals surface area contributed by atoms with E-state index < -0.39 is 11.7 Å². The molecule has 0 bridgehead atoms. The summed E-state index contributed by atoms with van der Waals surface area (Å²) in [6, 6.07) is 1.36. The van der Waals surface area contributed by atoms with Crippen molar-refractivity contribution in [3.05, 3.63) is 36.2 Å². The van der Waals surface area contributed by atoms with Crippen molar-refractivity contribution in [2.45, 2.75) is 6.54 Å². The van der Waals surface area contributed by atoms with Crippen molar-refractivity contribution < 1.29 is 9.18 Å². The lowest BCUT2D eigenvalue weighted by Crippen LogP contribution is -2.14. The molecule has 94 valence electrons. The van der Waals surface area contributed by atoms with Gasteiger partial charge >= 0.3 is 0 Å². The van der Waals surface area contributed by atoms with E-state index in [9.17, 15) is 9.18 Å². The van der Waals surface area contributed by atoms with Crippen LogP contribution in [-0.2, 0) is 6.54 Å². The molecule has 1 amide bonds. The van der Waals surface area contributed by atoms with Gasteiger partial charge in [0.15, 0.2) is 11.5 Å². The lowest BCUT2D eigenvalue weighted by molar-refractivity contribution is 0.102. The van der Waals surface area contributed by atoms with Crippen molar-refractivity contribution in [2.24, 2.45) is 5.73 Å². The minimum Gasteiger partial charge on any atom is -0.329 e. The van der Waals surface area contributed by atoms with E-state index >= 15 is 0 Å². The number of hydrogen-bond acceptors (Lipinski definition) is 5. The van der Waals surface area contributed by atoms with Gasteiger partial charge in [0, 0.05) is 12.7 Å². The van der Waals surface area contributed by atoms with Crippen molar-refractivity contribution in [1.82, 2.24) is 20.0 Å². The third kappa shape index (κ3) is 2.66. The second-order valence-electron chi connectivity index (χ2n) is 3.47. The third-order valence-corrected chi connectivity index (χ3v) is 2.15. The third-order valence-electron chi connectivity index (χ3n) is 2.15. The van der Waals surface area contributed by atoms with Gasteiger partial charge in [-0.1, -0.05) is 5.21 Å². The molecule has 0 radical (unpaired) electrons. The minimum absolute atomic E-state index is 0.0448. The molecule has 18 heavy (non-hydrogen) atoms. The molecule has 0 unspecified atom stereocenters. The molecule has 0 saturated heterocycles. The molecule has 0 atom stereocenters. The van der Waals surface area contributed by atoms with Crippen LogP contribution in [0, 0.1) is 5.82 Å². The van der Waals surface area contributed by atoms with E-state index in [0.29, 0.717) is 13.1 Å². The van der Waals surface area contributed by atoms with Crippen LogP contribution in [0.2, 0.25) is 0 Å². The first-order chi connectivity index (χ1) is 8.70. The number of amides is 1. The van der Waals surface area contributed by atoms with Crippen LogP contribution in [0.15, 0.2) is 24.7 Å². The fourth-order valence-electron chi connectivity index (χ4n) is 1.31. The van der Waals surface area contributed by atoms with E-state index in [1.807, 2.05) is 0 Å². The van der Waals surface area contributed by atoms with Crippen molar-refractivity contribution >= 4 is 11.6 Å². The predicted molar refractivity (Wildman–Crippen MR) is 61.2 cm³/mol. The molecule has 3 N–H and O–H groups in total. The quantitative estimate of drug-likeness (QED) is 0.797. The number of nitrogens with one attached hydrogen (secondary N) is 1. The van der Waals surface area contributed by atoms with Gasteiger partial charge in [-0.3, -0.25) is 14.5 Å². The molecule has 2 aromatic heterocycles. The zero-order valence-electron chi connectivity index (χ0n) is 9.38. The summed E-state index contributed by atoms with van der Waals surface area (Å²) < 4.78 is 14.7. The molecular formula is C10H11FN6O. The Kier molecular flexibility index (Phi) is 3.58. The van der Waals surface area contributed by atoms with Crippen molar-refractivity contribution in [1.29, 1.82) is 0 Å². The van der Waals surface area contributed by atoms with E-state index in [-0.39, 0.29) is 11.4 Å². The lowest BCUT2D eigenvalue weighted by Gasteiger charge is -2.02. The van der Waals surface area contributed by atoms with Crippen molar-refractivity contribution in [3.8, 4) is 0 Å². The van der Waals surface area contributed by atoms with Gasteiger partial charge in [0.2, 0.25) is 0 Å². The summed E-state index contributed by atoms with van der Waals surface area (Å²) >= 11 is 0. The van der Waals surface area contributed by atoms with E-state index in [1.165, 1.54) is 23.1 Å². The number of anilines is 1.